The highest BCUT2D eigenvalue weighted by atomic mass is 16.2. The van der Waals surface area contributed by atoms with Gasteiger partial charge in [-0.3, -0.25) is 19.8 Å². The van der Waals surface area contributed by atoms with Crippen molar-refractivity contribution in [2.75, 3.05) is 0 Å². The summed E-state index contributed by atoms with van der Waals surface area (Å²) in [6, 6.07) is -0.514. The van der Waals surface area contributed by atoms with E-state index in [0.717, 1.165) is 32.1 Å². The highest BCUT2D eigenvalue weighted by molar-refractivity contribution is 6.19. The predicted octanol–water partition coefficient (Wildman–Crippen LogP) is 1.81. The largest absolute Gasteiger partial charge is 0.331 e. The summed E-state index contributed by atoms with van der Waals surface area (Å²) in [6.45, 7) is 2.03. The fraction of sp³-hybridized carbons (Fsp3) is 0.786. The third-order valence-electron chi connectivity index (χ3n) is 4.86. The van der Waals surface area contributed by atoms with Gasteiger partial charge < -0.3 is 0 Å². The molecular weight excluding hydrogens is 244 g/mol. The summed E-state index contributed by atoms with van der Waals surface area (Å²) in [5, 5.41) is 2.42. The molecule has 2 aliphatic carbocycles. The van der Waals surface area contributed by atoms with Crippen LogP contribution in [-0.2, 0) is 9.59 Å². The number of carbonyl (C=O) groups excluding carboxylic acids is 3. The molecule has 1 spiro atoms. The molecular formula is C14H20N2O3. The lowest BCUT2D eigenvalue weighted by Crippen LogP contribution is -2.64. The molecule has 2 unspecified atom stereocenters. The zero-order valence-electron chi connectivity index (χ0n) is 11.3. The number of carbonyl (C=O) groups is 3. The minimum absolute atomic E-state index is 0.000674. The number of nitrogens with zero attached hydrogens (tertiary/aromatic N) is 1. The van der Waals surface area contributed by atoms with E-state index >= 15 is 0 Å². The van der Waals surface area contributed by atoms with Crippen molar-refractivity contribution in [1.29, 1.82) is 0 Å². The molecule has 1 N–H and O–H groups in total. The maximum atomic E-state index is 12.7. The van der Waals surface area contributed by atoms with E-state index in [-0.39, 0.29) is 17.9 Å². The normalized spacial score (nSPS) is 34.2. The average molecular weight is 264 g/mol. The van der Waals surface area contributed by atoms with Gasteiger partial charge >= 0.3 is 6.03 Å². The molecule has 104 valence electrons. The molecule has 3 aliphatic rings. The van der Waals surface area contributed by atoms with Gasteiger partial charge in [-0.25, -0.2) is 4.79 Å². The highest BCUT2D eigenvalue weighted by Gasteiger charge is 2.57. The van der Waals surface area contributed by atoms with Gasteiger partial charge in [0.2, 0.25) is 11.8 Å². The van der Waals surface area contributed by atoms with E-state index < -0.39 is 11.4 Å². The summed E-state index contributed by atoms with van der Waals surface area (Å²) in [6.07, 6.45) is 5.95. The molecule has 0 aromatic rings. The molecule has 0 radical (unpaired) electrons. The van der Waals surface area contributed by atoms with Crippen LogP contribution in [0, 0.1) is 11.3 Å². The fourth-order valence-electron chi connectivity index (χ4n) is 3.43. The summed E-state index contributed by atoms with van der Waals surface area (Å²) in [4.78, 5) is 38.2. The Morgan fingerprint density at radius 3 is 2.21 bits per heavy atom. The monoisotopic (exact) mass is 264 g/mol. The maximum Gasteiger partial charge on any atom is 0.331 e. The summed E-state index contributed by atoms with van der Waals surface area (Å²) < 4.78 is 0. The van der Waals surface area contributed by atoms with Gasteiger partial charge in [0.25, 0.3) is 0 Å². The van der Waals surface area contributed by atoms with Crippen LogP contribution in [0.4, 0.5) is 4.79 Å². The lowest BCUT2D eigenvalue weighted by atomic mass is 9.77. The molecule has 3 rings (SSSR count). The third kappa shape index (κ3) is 1.86. The summed E-state index contributed by atoms with van der Waals surface area (Å²) >= 11 is 0. The second-order valence-corrected chi connectivity index (χ2v) is 6.21. The number of amides is 4. The number of hydrogen-bond acceptors (Lipinski definition) is 3. The quantitative estimate of drug-likeness (QED) is 0.734. The molecule has 19 heavy (non-hydrogen) atoms. The van der Waals surface area contributed by atoms with E-state index in [1.165, 1.54) is 4.90 Å². The molecule has 2 saturated carbocycles. The van der Waals surface area contributed by atoms with E-state index in [2.05, 4.69) is 5.32 Å². The Balaban J connectivity index is 1.92. The molecule has 1 saturated heterocycles. The molecule has 4 amide bonds. The second-order valence-electron chi connectivity index (χ2n) is 6.21. The van der Waals surface area contributed by atoms with Crippen LogP contribution in [-0.4, -0.2) is 28.8 Å². The first kappa shape index (κ1) is 12.6. The average Bonchev–Trinajstić information content (AvgIpc) is 3.10. The molecule has 0 aromatic heterocycles. The van der Waals surface area contributed by atoms with Gasteiger partial charge in [0.1, 0.15) is 5.41 Å². The fourth-order valence-corrected chi connectivity index (χ4v) is 3.43. The Hall–Kier alpha value is -1.39. The molecule has 3 fully saturated rings. The Morgan fingerprint density at radius 2 is 1.68 bits per heavy atom. The van der Waals surface area contributed by atoms with Crippen LogP contribution in [0.2, 0.25) is 0 Å². The van der Waals surface area contributed by atoms with Crippen molar-refractivity contribution >= 4 is 17.8 Å². The zero-order chi connectivity index (χ0) is 13.6. The summed E-state index contributed by atoms with van der Waals surface area (Å²) in [5.41, 5.74) is -0.966. The van der Waals surface area contributed by atoms with Crippen molar-refractivity contribution in [1.82, 2.24) is 10.2 Å². The van der Waals surface area contributed by atoms with Crippen LogP contribution in [0.25, 0.3) is 0 Å². The smallest absolute Gasteiger partial charge is 0.277 e. The van der Waals surface area contributed by atoms with Crippen LogP contribution in [0.1, 0.15) is 51.9 Å². The van der Waals surface area contributed by atoms with Gasteiger partial charge in [0, 0.05) is 6.04 Å². The number of hydrogen-bond donors (Lipinski definition) is 1. The molecule has 1 heterocycles. The lowest BCUT2D eigenvalue weighted by Gasteiger charge is -2.39. The number of imide groups is 2. The number of nitrogens with one attached hydrogen (secondary N) is 1. The van der Waals surface area contributed by atoms with Crippen LogP contribution in [0.5, 0.6) is 0 Å². The van der Waals surface area contributed by atoms with Gasteiger partial charge in [-0.15, -0.1) is 0 Å². The predicted molar refractivity (Wildman–Crippen MR) is 68.1 cm³/mol. The van der Waals surface area contributed by atoms with E-state index in [4.69, 9.17) is 0 Å². The van der Waals surface area contributed by atoms with Crippen molar-refractivity contribution in [3.63, 3.8) is 0 Å². The van der Waals surface area contributed by atoms with Gasteiger partial charge in [-0.2, -0.15) is 0 Å². The highest BCUT2D eigenvalue weighted by Crippen LogP contribution is 2.44. The van der Waals surface area contributed by atoms with Gasteiger partial charge in [0.15, 0.2) is 0 Å². The van der Waals surface area contributed by atoms with Crippen LogP contribution >= 0.6 is 0 Å². The SMILES string of the molecule is CC1CC1N1C(=O)NC(=O)C2(CCCCCC2)C1=O. The van der Waals surface area contributed by atoms with Crippen LogP contribution in [0.3, 0.4) is 0 Å². The molecule has 0 bridgehead atoms. The molecule has 5 heteroatoms. The minimum atomic E-state index is -0.966. The Labute approximate surface area is 112 Å². The molecule has 0 aromatic carbocycles. The van der Waals surface area contributed by atoms with Gasteiger partial charge in [0.05, 0.1) is 0 Å². The summed E-state index contributed by atoms with van der Waals surface area (Å²) in [5.74, 6) is -0.239. The first-order valence-electron chi connectivity index (χ1n) is 7.25. The number of barbiturate groups is 1. The maximum absolute atomic E-state index is 12.7. The Bertz CT molecular complexity index is 438. The van der Waals surface area contributed by atoms with Gasteiger partial charge in [-0.05, 0) is 25.2 Å². The van der Waals surface area contributed by atoms with Crippen molar-refractivity contribution < 1.29 is 14.4 Å². The van der Waals surface area contributed by atoms with Crippen molar-refractivity contribution in [3.05, 3.63) is 0 Å². The number of rotatable bonds is 1. The standard InChI is InChI=1S/C14H20N2O3/c1-9-8-10(9)16-12(18)14(11(17)15-13(16)19)6-4-2-3-5-7-14/h9-10H,2-8H2,1H3,(H,15,17,19). The third-order valence-corrected chi connectivity index (χ3v) is 4.86. The molecule has 1 aliphatic heterocycles. The first-order chi connectivity index (χ1) is 9.06. The Morgan fingerprint density at radius 1 is 1.11 bits per heavy atom. The topological polar surface area (TPSA) is 66.5 Å². The van der Waals surface area contributed by atoms with Crippen molar-refractivity contribution in [3.8, 4) is 0 Å². The van der Waals surface area contributed by atoms with Crippen molar-refractivity contribution in [2.45, 2.75) is 57.9 Å². The summed E-state index contributed by atoms with van der Waals surface area (Å²) in [7, 11) is 0. The van der Waals surface area contributed by atoms with E-state index in [9.17, 15) is 14.4 Å². The van der Waals surface area contributed by atoms with Crippen LogP contribution in [0.15, 0.2) is 0 Å². The number of urea groups is 1. The zero-order valence-corrected chi connectivity index (χ0v) is 11.3. The first-order valence-corrected chi connectivity index (χ1v) is 7.25. The van der Waals surface area contributed by atoms with Gasteiger partial charge in [-0.1, -0.05) is 32.6 Å². The lowest BCUT2D eigenvalue weighted by molar-refractivity contribution is -0.153. The van der Waals surface area contributed by atoms with E-state index in [1.807, 2.05) is 6.92 Å². The van der Waals surface area contributed by atoms with Crippen LogP contribution < -0.4 is 5.32 Å². The Kier molecular flexibility index (Phi) is 2.87. The van der Waals surface area contributed by atoms with E-state index in [1.54, 1.807) is 0 Å². The van der Waals surface area contributed by atoms with Crippen molar-refractivity contribution in [2.24, 2.45) is 11.3 Å². The molecule has 2 atom stereocenters. The van der Waals surface area contributed by atoms with E-state index in [0.29, 0.717) is 18.8 Å². The molecule has 5 nitrogen and oxygen atoms in total. The minimum Gasteiger partial charge on any atom is -0.277 e. The second kappa shape index (κ2) is 4.32.